The van der Waals surface area contributed by atoms with Gasteiger partial charge >= 0.3 is 0 Å². The SMILES string of the molecule is COc1cccc(C2=NCCN2C)c1OC. The molecule has 0 unspecified atom stereocenters. The third kappa shape index (κ3) is 1.71. The Labute approximate surface area is 95.5 Å². The fourth-order valence-corrected chi connectivity index (χ4v) is 1.89. The van der Waals surface area contributed by atoms with Crippen LogP contribution in [0, 0.1) is 0 Å². The number of ether oxygens (including phenoxy) is 2. The minimum atomic E-state index is 0.739. The lowest BCUT2D eigenvalue weighted by molar-refractivity contribution is 0.354. The minimum absolute atomic E-state index is 0.739. The summed E-state index contributed by atoms with van der Waals surface area (Å²) in [6, 6.07) is 5.84. The molecule has 0 radical (unpaired) electrons. The van der Waals surface area contributed by atoms with Crippen molar-refractivity contribution >= 4 is 5.84 Å². The predicted molar refractivity (Wildman–Crippen MR) is 63.6 cm³/mol. The summed E-state index contributed by atoms with van der Waals surface area (Å²) in [7, 11) is 5.32. The number of rotatable bonds is 3. The van der Waals surface area contributed by atoms with Crippen LogP contribution in [-0.4, -0.2) is 45.1 Å². The number of hydrogen-bond donors (Lipinski definition) is 0. The maximum absolute atomic E-state index is 5.40. The van der Waals surface area contributed by atoms with Gasteiger partial charge in [0.15, 0.2) is 11.5 Å². The van der Waals surface area contributed by atoms with Crippen LogP contribution in [0.4, 0.5) is 0 Å². The summed E-state index contributed by atoms with van der Waals surface area (Å²) in [5.74, 6) is 2.45. The molecule has 0 amide bonds. The zero-order valence-electron chi connectivity index (χ0n) is 9.86. The Bertz CT molecular complexity index is 415. The second kappa shape index (κ2) is 4.43. The molecule has 4 heteroatoms. The monoisotopic (exact) mass is 220 g/mol. The molecule has 1 aliphatic rings. The molecule has 1 heterocycles. The standard InChI is InChI=1S/C12H16N2O2/c1-14-8-7-13-12(14)9-5-4-6-10(15-2)11(9)16-3/h4-6H,7-8H2,1-3H3. The van der Waals surface area contributed by atoms with Crippen LogP contribution in [0.15, 0.2) is 23.2 Å². The van der Waals surface area contributed by atoms with Crippen LogP contribution in [0.3, 0.4) is 0 Å². The molecular weight excluding hydrogens is 204 g/mol. The average Bonchev–Trinajstić information content (AvgIpc) is 2.74. The van der Waals surface area contributed by atoms with E-state index in [2.05, 4.69) is 9.89 Å². The van der Waals surface area contributed by atoms with Crippen LogP contribution >= 0.6 is 0 Å². The molecule has 86 valence electrons. The van der Waals surface area contributed by atoms with Crippen LogP contribution < -0.4 is 9.47 Å². The first-order valence-corrected chi connectivity index (χ1v) is 5.25. The van der Waals surface area contributed by atoms with E-state index in [9.17, 15) is 0 Å². The Morgan fingerprint density at radius 1 is 1.25 bits per heavy atom. The summed E-state index contributed by atoms with van der Waals surface area (Å²) < 4.78 is 10.7. The number of likely N-dealkylation sites (N-methyl/N-ethyl adjacent to an activating group) is 1. The fraction of sp³-hybridized carbons (Fsp3) is 0.417. The van der Waals surface area contributed by atoms with Crippen LogP contribution in [-0.2, 0) is 0 Å². The first-order chi connectivity index (χ1) is 7.77. The molecule has 2 rings (SSSR count). The molecule has 0 aliphatic carbocycles. The van der Waals surface area contributed by atoms with E-state index in [0.29, 0.717) is 0 Å². The number of methoxy groups -OCH3 is 2. The number of para-hydroxylation sites is 1. The molecule has 0 bridgehead atoms. The van der Waals surface area contributed by atoms with Crippen molar-refractivity contribution < 1.29 is 9.47 Å². The number of benzene rings is 1. The lowest BCUT2D eigenvalue weighted by atomic mass is 10.1. The van der Waals surface area contributed by atoms with Gasteiger partial charge in [-0.2, -0.15) is 0 Å². The van der Waals surface area contributed by atoms with Crippen molar-refractivity contribution in [3.05, 3.63) is 23.8 Å². The van der Waals surface area contributed by atoms with Crippen molar-refractivity contribution in [3.63, 3.8) is 0 Å². The molecule has 0 atom stereocenters. The minimum Gasteiger partial charge on any atom is -0.493 e. The van der Waals surface area contributed by atoms with Gasteiger partial charge in [0.25, 0.3) is 0 Å². The van der Waals surface area contributed by atoms with Crippen molar-refractivity contribution in [2.45, 2.75) is 0 Å². The molecule has 1 aromatic carbocycles. The maximum Gasteiger partial charge on any atom is 0.171 e. The van der Waals surface area contributed by atoms with Gasteiger partial charge in [-0.3, -0.25) is 4.99 Å². The largest absolute Gasteiger partial charge is 0.493 e. The molecule has 0 saturated carbocycles. The second-order valence-electron chi connectivity index (χ2n) is 3.67. The highest BCUT2D eigenvalue weighted by Gasteiger charge is 2.20. The lowest BCUT2D eigenvalue weighted by Gasteiger charge is -2.17. The summed E-state index contributed by atoms with van der Waals surface area (Å²) in [5.41, 5.74) is 0.988. The van der Waals surface area contributed by atoms with Gasteiger partial charge < -0.3 is 14.4 Å². The molecule has 4 nitrogen and oxygen atoms in total. The van der Waals surface area contributed by atoms with Crippen LogP contribution in [0.25, 0.3) is 0 Å². The molecular formula is C12H16N2O2. The van der Waals surface area contributed by atoms with Gasteiger partial charge in [-0.15, -0.1) is 0 Å². The van der Waals surface area contributed by atoms with Crippen LogP contribution in [0.5, 0.6) is 11.5 Å². The fourth-order valence-electron chi connectivity index (χ4n) is 1.89. The van der Waals surface area contributed by atoms with E-state index in [1.165, 1.54) is 0 Å². The number of aliphatic imine (C=N–C) groups is 1. The number of hydrogen-bond acceptors (Lipinski definition) is 4. The summed E-state index contributed by atoms with van der Waals surface area (Å²) >= 11 is 0. The van der Waals surface area contributed by atoms with Crippen molar-refractivity contribution in [1.82, 2.24) is 4.90 Å². The van der Waals surface area contributed by atoms with Gasteiger partial charge in [0.05, 0.1) is 26.3 Å². The molecule has 1 aliphatic heterocycles. The Hall–Kier alpha value is -1.71. The zero-order valence-corrected chi connectivity index (χ0v) is 9.86. The highest BCUT2D eigenvalue weighted by molar-refractivity contribution is 6.02. The summed E-state index contributed by atoms with van der Waals surface area (Å²) in [6.07, 6.45) is 0. The topological polar surface area (TPSA) is 34.1 Å². The van der Waals surface area contributed by atoms with Gasteiger partial charge in [0.2, 0.25) is 0 Å². The van der Waals surface area contributed by atoms with Crippen molar-refractivity contribution in [1.29, 1.82) is 0 Å². The van der Waals surface area contributed by atoms with Crippen molar-refractivity contribution in [2.75, 3.05) is 34.4 Å². The van der Waals surface area contributed by atoms with Crippen molar-refractivity contribution in [3.8, 4) is 11.5 Å². The molecule has 0 N–H and O–H groups in total. The third-order valence-corrected chi connectivity index (χ3v) is 2.70. The Morgan fingerprint density at radius 2 is 2.06 bits per heavy atom. The smallest absolute Gasteiger partial charge is 0.171 e. The predicted octanol–water partition coefficient (Wildman–Crippen LogP) is 1.40. The molecule has 16 heavy (non-hydrogen) atoms. The van der Waals surface area contributed by atoms with Gasteiger partial charge in [-0.05, 0) is 12.1 Å². The van der Waals surface area contributed by atoms with Gasteiger partial charge in [-0.1, -0.05) is 6.07 Å². The molecule has 0 spiro atoms. The van der Waals surface area contributed by atoms with Gasteiger partial charge in [0.1, 0.15) is 5.84 Å². The van der Waals surface area contributed by atoms with Gasteiger partial charge in [-0.25, -0.2) is 0 Å². The maximum atomic E-state index is 5.40. The second-order valence-corrected chi connectivity index (χ2v) is 3.67. The first kappa shape index (κ1) is 10.8. The molecule has 1 aromatic rings. The highest BCUT2D eigenvalue weighted by atomic mass is 16.5. The quantitative estimate of drug-likeness (QED) is 0.772. The summed E-state index contributed by atoms with van der Waals surface area (Å²) in [5, 5.41) is 0. The molecule has 0 aromatic heterocycles. The zero-order chi connectivity index (χ0) is 11.5. The van der Waals surface area contributed by atoms with E-state index >= 15 is 0 Å². The van der Waals surface area contributed by atoms with Crippen molar-refractivity contribution in [2.24, 2.45) is 4.99 Å². The molecule has 0 saturated heterocycles. The van der Waals surface area contributed by atoms with E-state index in [1.807, 2.05) is 25.2 Å². The third-order valence-electron chi connectivity index (χ3n) is 2.70. The Morgan fingerprint density at radius 3 is 2.62 bits per heavy atom. The lowest BCUT2D eigenvalue weighted by Crippen LogP contribution is -2.24. The van der Waals surface area contributed by atoms with E-state index in [0.717, 1.165) is 36.0 Å². The summed E-state index contributed by atoms with van der Waals surface area (Å²) in [4.78, 5) is 6.60. The first-order valence-electron chi connectivity index (χ1n) is 5.25. The van der Waals surface area contributed by atoms with Crippen LogP contribution in [0.2, 0.25) is 0 Å². The highest BCUT2D eigenvalue weighted by Crippen LogP contribution is 2.32. The van der Waals surface area contributed by atoms with E-state index in [4.69, 9.17) is 9.47 Å². The van der Waals surface area contributed by atoms with E-state index in [-0.39, 0.29) is 0 Å². The number of amidine groups is 1. The van der Waals surface area contributed by atoms with Gasteiger partial charge in [0, 0.05) is 13.6 Å². The summed E-state index contributed by atoms with van der Waals surface area (Å²) in [6.45, 7) is 1.79. The van der Waals surface area contributed by atoms with Crippen LogP contribution in [0.1, 0.15) is 5.56 Å². The van der Waals surface area contributed by atoms with E-state index < -0.39 is 0 Å². The Kier molecular flexibility index (Phi) is 2.99. The van der Waals surface area contributed by atoms with E-state index in [1.54, 1.807) is 14.2 Å². The average molecular weight is 220 g/mol. The Balaban J connectivity index is 2.48. The number of nitrogens with zero attached hydrogens (tertiary/aromatic N) is 2. The molecule has 0 fully saturated rings. The normalized spacial score (nSPS) is 14.9.